The maximum Gasteiger partial charge on any atom is 0.132 e. The van der Waals surface area contributed by atoms with Gasteiger partial charge in [0.25, 0.3) is 0 Å². The number of aliphatic hydroxyl groups is 3. The van der Waals surface area contributed by atoms with Crippen molar-refractivity contribution >= 4 is 23.1 Å². The summed E-state index contributed by atoms with van der Waals surface area (Å²) in [6, 6.07) is 19.2. The highest BCUT2D eigenvalue weighted by atomic mass is 32.2. The summed E-state index contributed by atoms with van der Waals surface area (Å²) < 4.78 is 11.5. The lowest BCUT2D eigenvalue weighted by molar-refractivity contribution is -0.200. The maximum absolute atomic E-state index is 10.6. The molecule has 3 N–H and O–H groups in total. The molecule has 2 aromatic carbocycles. The van der Waals surface area contributed by atoms with Crippen molar-refractivity contribution in [2.75, 3.05) is 32.6 Å². The van der Waals surface area contributed by atoms with Crippen molar-refractivity contribution < 1.29 is 24.8 Å². The Morgan fingerprint density at radius 3 is 2.57 bits per heavy atom. The second-order valence-corrected chi connectivity index (χ2v) is 12.0. The predicted octanol–water partition coefficient (Wildman–Crippen LogP) is 3.99. The number of aryl methyl sites for hydroxylation is 1. The fraction of sp³-hybridized carbons (Fsp3) is 0.448. The van der Waals surface area contributed by atoms with Crippen LogP contribution in [0.5, 0.6) is 0 Å². The molecular formula is C29H35NO5S2. The summed E-state index contributed by atoms with van der Waals surface area (Å²) in [6.45, 7) is 6.60. The Kier molecular flexibility index (Phi) is 8.68. The number of hydrogen-bond donors (Lipinski definition) is 3. The van der Waals surface area contributed by atoms with Gasteiger partial charge in [-0.2, -0.15) is 0 Å². The van der Waals surface area contributed by atoms with Crippen molar-refractivity contribution in [3.05, 3.63) is 81.7 Å². The molecule has 0 amide bonds. The summed E-state index contributed by atoms with van der Waals surface area (Å²) >= 11 is 3.13. The van der Waals surface area contributed by atoms with Gasteiger partial charge >= 0.3 is 0 Å². The third-order valence-electron chi connectivity index (χ3n) is 7.25. The maximum atomic E-state index is 10.6. The van der Waals surface area contributed by atoms with Crippen LogP contribution in [0.2, 0.25) is 0 Å². The smallest absolute Gasteiger partial charge is 0.132 e. The Bertz CT molecular complexity index is 1190. The van der Waals surface area contributed by atoms with Crippen LogP contribution in [0.15, 0.2) is 54.6 Å². The molecule has 0 spiro atoms. The van der Waals surface area contributed by atoms with Crippen molar-refractivity contribution in [2.24, 2.45) is 0 Å². The quantitative estimate of drug-likeness (QED) is 0.417. The zero-order chi connectivity index (χ0) is 25.9. The van der Waals surface area contributed by atoms with Crippen LogP contribution in [0.25, 0.3) is 10.4 Å². The second kappa shape index (κ2) is 12.0. The second-order valence-electron chi connectivity index (χ2n) is 9.85. The summed E-state index contributed by atoms with van der Waals surface area (Å²) in [5.41, 5.74) is 5.10. The summed E-state index contributed by atoms with van der Waals surface area (Å²) in [5, 5.41) is 31.2. The van der Waals surface area contributed by atoms with Gasteiger partial charge in [0.1, 0.15) is 29.9 Å². The summed E-state index contributed by atoms with van der Waals surface area (Å²) in [6.07, 6.45) is -1.65. The van der Waals surface area contributed by atoms with Crippen molar-refractivity contribution in [3.8, 4) is 10.4 Å². The molecule has 8 heteroatoms. The monoisotopic (exact) mass is 541 g/mol. The van der Waals surface area contributed by atoms with E-state index in [1.165, 1.54) is 38.2 Å². The molecule has 2 saturated heterocycles. The van der Waals surface area contributed by atoms with Gasteiger partial charge in [-0.3, -0.25) is 4.90 Å². The first kappa shape index (κ1) is 26.8. The van der Waals surface area contributed by atoms with Crippen LogP contribution in [0.1, 0.15) is 33.2 Å². The van der Waals surface area contributed by atoms with Crippen molar-refractivity contribution in [1.29, 1.82) is 0 Å². The van der Waals surface area contributed by atoms with Crippen LogP contribution in [-0.4, -0.2) is 76.5 Å². The largest absolute Gasteiger partial charge is 0.387 e. The summed E-state index contributed by atoms with van der Waals surface area (Å²) in [5.74, 6) is 0. The average Bonchev–Trinajstić information content (AvgIpc) is 3.38. The fourth-order valence-corrected chi connectivity index (χ4v) is 6.73. The lowest BCUT2D eigenvalue weighted by Crippen LogP contribution is -2.52. The van der Waals surface area contributed by atoms with E-state index < -0.39 is 29.9 Å². The van der Waals surface area contributed by atoms with Crippen LogP contribution in [0.4, 0.5) is 0 Å². The van der Waals surface area contributed by atoms with Gasteiger partial charge in [-0.1, -0.05) is 36.4 Å². The molecule has 0 bridgehead atoms. The normalized spacial score (nSPS) is 26.9. The molecule has 3 heterocycles. The summed E-state index contributed by atoms with van der Waals surface area (Å²) in [4.78, 5) is 4.95. The minimum absolute atomic E-state index is 0.591. The van der Waals surface area contributed by atoms with Gasteiger partial charge in [0, 0.05) is 35.8 Å². The number of hydrogen-bond acceptors (Lipinski definition) is 8. The third-order valence-corrected chi connectivity index (χ3v) is 9.24. The van der Waals surface area contributed by atoms with Gasteiger partial charge in [0.15, 0.2) is 0 Å². The Hall–Kier alpha value is -1.75. The SMILES string of the molecule is CS[C@H]1OC(c2ccc(C)c(Cc3ccc(-c4cccc(CN5CCOCC5)c4)s3)c2)[C@H](O)[C@@H](O)[C@@H]1O. The first-order chi connectivity index (χ1) is 17.9. The zero-order valence-electron chi connectivity index (χ0n) is 21.2. The van der Waals surface area contributed by atoms with E-state index >= 15 is 0 Å². The first-order valence-corrected chi connectivity index (χ1v) is 14.8. The molecule has 5 rings (SSSR count). The average molecular weight is 542 g/mol. The molecule has 5 atom stereocenters. The van der Waals surface area contributed by atoms with Gasteiger partial charge in [0.2, 0.25) is 0 Å². The molecule has 1 aromatic heterocycles. The van der Waals surface area contributed by atoms with E-state index in [1.54, 1.807) is 11.3 Å². The lowest BCUT2D eigenvalue weighted by atomic mass is 9.92. The number of thioether (sulfide) groups is 1. The van der Waals surface area contributed by atoms with E-state index in [1.807, 2.05) is 18.4 Å². The molecule has 0 aliphatic carbocycles. The van der Waals surface area contributed by atoms with Crippen molar-refractivity contribution in [2.45, 2.75) is 49.7 Å². The van der Waals surface area contributed by atoms with Crippen molar-refractivity contribution in [1.82, 2.24) is 4.90 Å². The Labute approximate surface area is 226 Å². The van der Waals surface area contributed by atoms with Gasteiger partial charge in [0.05, 0.1) is 13.2 Å². The van der Waals surface area contributed by atoms with E-state index in [0.717, 1.165) is 50.4 Å². The Morgan fingerprint density at radius 1 is 0.973 bits per heavy atom. The Balaban J connectivity index is 1.31. The number of morpholine rings is 1. The number of thiophene rings is 1. The predicted molar refractivity (Wildman–Crippen MR) is 149 cm³/mol. The van der Waals surface area contributed by atoms with Crippen LogP contribution in [-0.2, 0) is 22.4 Å². The molecule has 2 aliphatic heterocycles. The highest BCUT2D eigenvalue weighted by molar-refractivity contribution is 7.99. The number of nitrogens with zero attached hydrogens (tertiary/aromatic N) is 1. The minimum atomic E-state index is -1.25. The molecular weight excluding hydrogens is 506 g/mol. The molecule has 3 aromatic rings. The third kappa shape index (κ3) is 6.13. The van der Waals surface area contributed by atoms with E-state index in [-0.39, 0.29) is 0 Å². The molecule has 0 radical (unpaired) electrons. The number of rotatable bonds is 7. The Morgan fingerprint density at radius 2 is 1.78 bits per heavy atom. The van der Waals surface area contributed by atoms with Crippen LogP contribution in [0, 0.1) is 6.92 Å². The molecule has 0 saturated carbocycles. The number of ether oxygens (including phenoxy) is 2. The highest BCUT2D eigenvalue weighted by Gasteiger charge is 2.44. The van der Waals surface area contributed by atoms with Crippen LogP contribution in [0.3, 0.4) is 0 Å². The lowest BCUT2D eigenvalue weighted by Gasteiger charge is -2.40. The van der Waals surface area contributed by atoms with E-state index in [9.17, 15) is 15.3 Å². The van der Waals surface area contributed by atoms with E-state index in [4.69, 9.17) is 9.47 Å². The topological polar surface area (TPSA) is 82.4 Å². The van der Waals surface area contributed by atoms with Gasteiger partial charge in [-0.25, -0.2) is 0 Å². The van der Waals surface area contributed by atoms with Gasteiger partial charge in [-0.15, -0.1) is 23.1 Å². The zero-order valence-corrected chi connectivity index (χ0v) is 22.9. The van der Waals surface area contributed by atoms with Crippen LogP contribution >= 0.6 is 23.1 Å². The van der Waals surface area contributed by atoms with E-state index in [2.05, 4.69) is 54.3 Å². The summed E-state index contributed by atoms with van der Waals surface area (Å²) in [7, 11) is 0. The first-order valence-electron chi connectivity index (χ1n) is 12.7. The molecule has 37 heavy (non-hydrogen) atoms. The van der Waals surface area contributed by atoms with Crippen molar-refractivity contribution in [3.63, 3.8) is 0 Å². The highest BCUT2D eigenvalue weighted by Crippen LogP contribution is 2.37. The molecule has 2 aliphatic rings. The standard InChI is InChI=1S/C29H35NO5S2/c1-18-6-7-21(28-26(32)25(31)27(33)29(35-28)36-2)15-22(18)16-23-8-9-24(37-23)20-5-3-4-19(14-20)17-30-10-12-34-13-11-30/h3-9,14-15,25-29,31-33H,10-13,16-17H2,1-2H3/t25-,26-,27+,28?,29-/m1/s1. The fourth-order valence-electron chi connectivity index (χ4n) is 5.03. The molecule has 6 nitrogen and oxygen atoms in total. The molecule has 198 valence electrons. The van der Waals surface area contributed by atoms with E-state index in [0.29, 0.717) is 0 Å². The van der Waals surface area contributed by atoms with Gasteiger partial charge in [-0.05, 0) is 59.2 Å². The molecule has 1 unspecified atom stereocenters. The minimum Gasteiger partial charge on any atom is -0.387 e. The van der Waals surface area contributed by atoms with Gasteiger partial charge < -0.3 is 24.8 Å². The molecule has 2 fully saturated rings. The number of benzene rings is 2. The van der Waals surface area contributed by atoms with Crippen LogP contribution < -0.4 is 0 Å². The number of aliphatic hydroxyl groups excluding tert-OH is 3.